The molecule has 9 heteroatoms. The third-order valence-corrected chi connectivity index (χ3v) is 2.33. The number of nitrogens with two attached hydrogens (primary N) is 3. The van der Waals surface area contributed by atoms with E-state index in [1.54, 1.807) is 12.1 Å². The minimum atomic E-state index is -0.144. The van der Waals surface area contributed by atoms with Gasteiger partial charge in [0.15, 0.2) is 5.96 Å². The molecular weight excluding hydrogens is 258 g/mol. The smallest absolute Gasteiger partial charge is 0.223 e. The fourth-order valence-electron chi connectivity index (χ4n) is 1.50. The zero-order valence-corrected chi connectivity index (χ0v) is 10.9. The molecule has 0 spiro atoms. The van der Waals surface area contributed by atoms with Gasteiger partial charge in [-0.05, 0) is 24.3 Å². The molecule has 2 rings (SSSR count). The maximum absolute atomic E-state index is 5.58. The highest BCUT2D eigenvalue weighted by Crippen LogP contribution is 2.20. The topological polar surface area (TPSA) is 146 Å². The molecule has 20 heavy (non-hydrogen) atoms. The van der Waals surface area contributed by atoms with Crippen LogP contribution in [0.2, 0.25) is 0 Å². The first kappa shape index (κ1) is 13.5. The third-order valence-electron chi connectivity index (χ3n) is 2.33. The first-order valence-corrected chi connectivity index (χ1v) is 5.90. The van der Waals surface area contributed by atoms with Gasteiger partial charge in [0.25, 0.3) is 0 Å². The predicted molar refractivity (Wildman–Crippen MR) is 76.0 cm³/mol. The molecule has 0 aliphatic heterocycles. The van der Waals surface area contributed by atoms with Gasteiger partial charge in [-0.25, -0.2) is 4.99 Å². The van der Waals surface area contributed by atoms with E-state index in [1.807, 2.05) is 19.1 Å². The van der Waals surface area contributed by atoms with E-state index in [0.29, 0.717) is 18.1 Å². The van der Waals surface area contributed by atoms with Gasteiger partial charge in [-0.2, -0.15) is 9.79 Å². The molecule has 0 atom stereocenters. The van der Waals surface area contributed by atoms with Crippen molar-refractivity contribution < 1.29 is 0 Å². The molecule has 0 saturated heterocycles. The normalized spacial score (nSPS) is 11.3. The Labute approximate surface area is 115 Å². The number of aryl methyl sites for hydroxylation is 1. The quantitative estimate of drug-likeness (QED) is 0.511. The van der Waals surface area contributed by atoms with E-state index < -0.39 is 0 Å². The molecule has 0 saturated carbocycles. The SMILES string of the molecule is CCn1nnc(-c2cccc(N=C(N)N=C(N)N)c2)n1. The molecule has 0 aliphatic carbocycles. The van der Waals surface area contributed by atoms with Crippen molar-refractivity contribution in [3.8, 4) is 11.4 Å². The number of rotatable bonds is 3. The number of hydrogen-bond acceptors (Lipinski definition) is 4. The molecule has 0 bridgehead atoms. The standard InChI is InChI=1S/C11H15N9/c1-2-20-18-9(17-19-20)7-4-3-5-8(6-7)15-11(14)16-10(12)13/h3-6H,2H2,1H3,(H6,12,13,14,15,16). The summed E-state index contributed by atoms with van der Waals surface area (Å²) < 4.78 is 0. The van der Waals surface area contributed by atoms with Crippen LogP contribution in [0.15, 0.2) is 34.3 Å². The molecule has 2 aromatic rings. The van der Waals surface area contributed by atoms with Crippen LogP contribution in [0.4, 0.5) is 5.69 Å². The Kier molecular flexibility index (Phi) is 3.89. The minimum Gasteiger partial charge on any atom is -0.370 e. The van der Waals surface area contributed by atoms with Gasteiger partial charge in [-0.15, -0.1) is 10.2 Å². The summed E-state index contributed by atoms with van der Waals surface area (Å²) in [5.74, 6) is 0.353. The summed E-state index contributed by atoms with van der Waals surface area (Å²) in [5.41, 5.74) is 17.4. The van der Waals surface area contributed by atoms with Crippen molar-refractivity contribution in [3.05, 3.63) is 24.3 Å². The highest BCUT2D eigenvalue weighted by Gasteiger charge is 2.05. The molecule has 0 aliphatic rings. The van der Waals surface area contributed by atoms with Crippen LogP contribution in [0, 0.1) is 0 Å². The van der Waals surface area contributed by atoms with Crippen LogP contribution in [0.25, 0.3) is 11.4 Å². The second kappa shape index (κ2) is 5.78. The molecular formula is C11H15N9. The van der Waals surface area contributed by atoms with Crippen molar-refractivity contribution in [1.29, 1.82) is 0 Å². The van der Waals surface area contributed by atoms with Crippen LogP contribution in [-0.4, -0.2) is 32.1 Å². The van der Waals surface area contributed by atoms with Gasteiger partial charge in [-0.1, -0.05) is 12.1 Å². The molecule has 9 nitrogen and oxygen atoms in total. The maximum Gasteiger partial charge on any atom is 0.223 e. The summed E-state index contributed by atoms with van der Waals surface area (Å²) in [6, 6.07) is 7.20. The van der Waals surface area contributed by atoms with E-state index in [-0.39, 0.29) is 11.9 Å². The summed E-state index contributed by atoms with van der Waals surface area (Å²) >= 11 is 0. The first-order chi connectivity index (χ1) is 9.58. The monoisotopic (exact) mass is 273 g/mol. The summed E-state index contributed by atoms with van der Waals surface area (Å²) in [7, 11) is 0. The number of aliphatic imine (C=N–C) groups is 2. The molecule has 1 aromatic carbocycles. The largest absolute Gasteiger partial charge is 0.370 e. The first-order valence-electron chi connectivity index (χ1n) is 5.90. The third kappa shape index (κ3) is 3.28. The Hall–Kier alpha value is -2.97. The Balaban J connectivity index is 2.30. The molecule has 104 valence electrons. The summed E-state index contributed by atoms with van der Waals surface area (Å²) in [4.78, 5) is 9.22. The van der Waals surface area contributed by atoms with Crippen LogP contribution < -0.4 is 17.2 Å². The predicted octanol–water partition coefficient (Wildman–Crippen LogP) is -0.420. The van der Waals surface area contributed by atoms with Gasteiger partial charge in [0.1, 0.15) is 0 Å². The van der Waals surface area contributed by atoms with E-state index in [0.717, 1.165) is 5.56 Å². The molecule has 0 amide bonds. The highest BCUT2D eigenvalue weighted by atomic mass is 15.6. The second-order valence-electron chi connectivity index (χ2n) is 3.86. The number of tetrazole rings is 1. The fraction of sp³-hybridized carbons (Fsp3) is 0.182. The van der Waals surface area contributed by atoms with Crippen molar-refractivity contribution in [2.24, 2.45) is 27.2 Å². The van der Waals surface area contributed by atoms with Crippen molar-refractivity contribution in [2.75, 3.05) is 0 Å². The lowest BCUT2D eigenvalue weighted by Crippen LogP contribution is -2.26. The number of guanidine groups is 2. The number of benzene rings is 1. The summed E-state index contributed by atoms with van der Waals surface area (Å²) in [6.45, 7) is 2.59. The van der Waals surface area contributed by atoms with Gasteiger partial charge < -0.3 is 17.2 Å². The van der Waals surface area contributed by atoms with E-state index >= 15 is 0 Å². The Morgan fingerprint density at radius 3 is 2.75 bits per heavy atom. The Morgan fingerprint density at radius 2 is 2.10 bits per heavy atom. The van der Waals surface area contributed by atoms with Crippen molar-refractivity contribution in [1.82, 2.24) is 20.2 Å². The summed E-state index contributed by atoms with van der Waals surface area (Å²) in [6.07, 6.45) is 0. The second-order valence-corrected chi connectivity index (χ2v) is 3.86. The molecule has 1 aromatic heterocycles. The maximum atomic E-state index is 5.58. The molecule has 6 N–H and O–H groups in total. The van der Waals surface area contributed by atoms with Gasteiger partial charge in [0.2, 0.25) is 11.8 Å². The Morgan fingerprint density at radius 1 is 1.30 bits per heavy atom. The van der Waals surface area contributed by atoms with Crippen molar-refractivity contribution >= 4 is 17.6 Å². The number of nitrogens with zero attached hydrogens (tertiary/aromatic N) is 6. The lowest BCUT2D eigenvalue weighted by molar-refractivity contribution is 0.553. The summed E-state index contributed by atoms with van der Waals surface area (Å²) in [5, 5.41) is 12.1. The molecule has 0 unspecified atom stereocenters. The molecule has 0 fully saturated rings. The van der Waals surface area contributed by atoms with Gasteiger partial charge in [0, 0.05) is 5.56 Å². The van der Waals surface area contributed by atoms with E-state index in [2.05, 4.69) is 25.4 Å². The van der Waals surface area contributed by atoms with E-state index in [1.165, 1.54) is 4.80 Å². The van der Waals surface area contributed by atoms with E-state index in [4.69, 9.17) is 17.2 Å². The van der Waals surface area contributed by atoms with Crippen LogP contribution in [0.5, 0.6) is 0 Å². The van der Waals surface area contributed by atoms with Crippen molar-refractivity contribution in [3.63, 3.8) is 0 Å². The molecule has 0 radical (unpaired) electrons. The van der Waals surface area contributed by atoms with E-state index in [9.17, 15) is 0 Å². The minimum absolute atomic E-state index is 0.0210. The van der Waals surface area contributed by atoms with Crippen LogP contribution in [-0.2, 0) is 6.54 Å². The lowest BCUT2D eigenvalue weighted by Gasteiger charge is -1.98. The van der Waals surface area contributed by atoms with Crippen molar-refractivity contribution in [2.45, 2.75) is 13.5 Å². The van der Waals surface area contributed by atoms with Crippen LogP contribution >= 0.6 is 0 Å². The van der Waals surface area contributed by atoms with Gasteiger partial charge in [0.05, 0.1) is 12.2 Å². The van der Waals surface area contributed by atoms with Gasteiger partial charge in [-0.3, -0.25) is 0 Å². The number of hydrogen-bond donors (Lipinski definition) is 3. The fourth-order valence-corrected chi connectivity index (χ4v) is 1.50. The van der Waals surface area contributed by atoms with Crippen LogP contribution in [0.3, 0.4) is 0 Å². The Bertz CT molecular complexity index is 651. The molecule has 1 heterocycles. The number of aromatic nitrogens is 4. The lowest BCUT2D eigenvalue weighted by atomic mass is 10.2. The zero-order valence-electron chi connectivity index (χ0n) is 10.9. The highest BCUT2D eigenvalue weighted by molar-refractivity contribution is 5.93. The zero-order chi connectivity index (χ0) is 14.5. The average molecular weight is 273 g/mol. The van der Waals surface area contributed by atoms with Gasteiger partial charge >= 0.3 is 0 Å². The average Bonchev–Trinajstić information content (AvgIpc) is 2.86. The van der Waals surface area contributed by atoms with Crippen LogP contribution in [0.1, 0.15) is 6.92 Å².